The summed E-state index contributed by atoms with van der Waals surface area (Å²) in [5.74, 6) is -0.187. The third-order valence-electron chi connectivity index (χ3n) is 2.85. The van der Waals surface area contributed by atoms with Crippen LogP contribution < -0.4 is 10.5 Å². The number of hydrogen-bond donors (Lipinski definition) is 1. The van der Waals surface area contributed by atoms with Gasteiger partial charge in [0.25, 0.3) is 0 Å². The number of carbonyl (C=O) groups excluding carboxylic acids is 1. The van der Waals surface area contributed by atoms with Gasteiger partial charge in [-0.2, -0.15) is 0 Å². The second-order valence-corrected chi connectivity index (χ2v) is 5.05. The Kier molecular flexibility index (Phi) is 4.94. The topological polar surface area (TPSA) is 61.5 Å². The number of methoxy groups -OCH3 is 1. The molecule has 0 saturated carbocycles. The summed E-state index contributed by atoms with van der Waals surface area (Å²) >= 11 is 12.0. The summed E-state index contributed by atoms with van der Waals surface area (Å²) in [5.41, 5.74) is 6.98. The van der Waals surface area contributed by atoms with Gasteiger partial charge in [0, 0.05) is 27.4 Å². The number of carbonyl (C=O) groups is 1. The molecule has 4 nitrogen and oxygen atoms in total. The van der Waals surface area contributed by atoms with Crippen LogP contribution in [-0.2, 0) is 11.3 Å². The van der Waals surface area contributed by atoms with Crippen molar-refractivity contribution in [3.8, 4) is 5.75 Å². The van der Waals surface area contributed by atoms with Crippen molar-refractivity contribution in [3.05, 3.63) is 57.6 Å². The number of anilines is 1. The minimum atomic E-state index is -0.539. The van der Waals surface area contributed by atoms with E-state index in [0.29, 0.717) is 27.0 Å². The highest BCUT2D eigenvalue weighted by molar-refractivity contribution is 6.35. The monoisotopic (exact) mass is 325 g/mol. The number of nitrogens with two attached hydrogens (primary N) is 1. The van der Waals surface area contributed by atoms with Gasteiger partial charge in [0.15, 0.2) is 0 Å². The maximum absolute atomic E-state index is 12.1. The van der Waals surface area contributed by atoms with Gasteiger partial charge in [0.05, 0.1) is 7.11 Å². The molecule has 0 heterocycles. The molecule has 110 valence electrons. The van der Waals surface area contributed by atoms with Crippen LogP contribution in [0.4, 0.5) is 5.69 Å². The van der Waals surface area contributed by atoms with Crippen LogP contribution >= 0.6 is 23.2 Å². The Morgan fingerprint density at radius 3 is 2.48 bits per heavy atom. The van der Waals surface area contributed by atoms with Gasteiger partial charge in [0.2, 0.25) is 0 Å². The third-order valence-corrected chi connectivity index (χ3v) is 3.56. The molecule has 0 bridgehead atoms. The third kappa shape index (κ3) is 3.60. The van der Waals surface area contributed by atoms with Crippen molar-refractivity contribution in [3.63, 3.8) is 0 Å². The number of rotatable bonds is 4. The van der Waals surface area contributed by atoms with Crippen molar-refractivity contribution in [2.24, 2.45) is 0 Å². The average molecular weight is 326 g/mol. The van der Waals surface area contributed by atoms with Gasteiger partial charge in [-0.1, -0.05) is 29.3 Å². The van der Waals surface area contributed by atoms with Crippen LogP contribution in [0.1, 0.15) is 15.9 Å². The van der Waals surface area contributed by atoms with Gasteiger partial charge in [-0.05, 0) is 24.3 Å². The molecular formula is C15H13Cl2NO3. The molecule has 0 fully saturated rings. The van der Waals surface area contributed by atoms with E-state index in [1.165, 1.54) is 7.11 Å². The molecule has 0 aliphatic heterocycles. The molecule has 0 unspecified atom stereocenters. The molecule has 0 atom stereocenters. The number of hydrogen-bond acceptors (Lipinski definition) is 4. The van der Waals surface area contributed by atoms with Crippen LogP contribution in [0.2, 0.25) is 10.0 Å². The van der Waals surface area contributed by atoms with E-state index in [9.17, 15) is 4.79 Å². The van der Waals surface area contributed by atoms with Crippen LogP contribution in [-0.4, -0.2) is 13.1 Å². The van der Waals surface area contributed by atoms with E-state index >= 15 is 0 Å². The van der Waals surface area contributed by atoms with Crippen LogP contribution in [0, 0.1) is 0 Å². The Hall–Kier alpha value is -1.91. The van der Waals surface area contributed by atoms with Crippen molar-refractivity contribution in [2.75, 3.05) is 12.8 Å². The normalized spacial score (nSPS) is 10.2. The maximum Gasteiger partial charge on any atom is 0.342 e. The number of ether oxygens (including phenoxy) is 2. The predicted molar refractivity (Wildman–Crippen MR) is 83.0 cm³/mol. The highest BCUT2D eigenvalue weighted by Gasteiger charge is 2.15. The highest BCUT2D eigenvalue weighted by Crippen LogP contribution is 2.27. The van der Waals surface area contributed by atoms with E-state index in [0.717, 1.165) is 0 Å². The fourth-order valence-electron chi connectivity index (χ4n) is 1.76. The average Bonchev–Trinajstić information content (AvgIpc) is 2.46. The minimum absolute atomic E-state index is 0.0229. The number of nitrogen functional groups attached to an aromatic ring is 1. The van der Waals surface area contributed by atoms with E-state index in [2.05, 4.69) is 0 Å². The van der Waals surface area contributed by atoms with E-state index < -0.39 is 5.97 Å². The zero-order valence-electron chi connectivity index (χ0n) is 11.2. The minimum Gasteiger partial charge on any atom is -0.496 e. The van der Waals surface area contributed by atoms with Gasteiger partial charge in [-0.3, -0.25) is 0 Å². The van der Waals surface area contributed by atoms with E-state index in [-0.39, 0.29) is 12.2 Å². The first-order chi connectivity index (χ1) is 10.0. The zero-order chi connectivity index (χ0) is 15.4. The van der Waals surface area contributed by atoms with E-state index in [4.69, 9.17) is 38.4 Å². The van der Waals surface area contributed by atoms with Crippen molar-refractivity contribution in [1.29, 1.82) is 0 Å². The van der Waals surface area contributed by atoms with Crippen molar-refractivity contribution in [2.45, 2.75) is 6.61 Å². The summed E-state index contributed by atoms with van der Waals surface area (Å²) < 4.78 is 10.3. The van der Waals surface area contributed by atoms with Gasteiger partial charge < -0.3 is 15.2 Å². The second kappa shape index (κ2) is 6.70. The molecule has 0 saturated heterocycles. The van der Waals surface area contributed by atoms with Crippen LogP contribution in [0.3, 0.4) is 0 Å². The zero-order valence-corrected chi connectivity index (χ0v) is 12.7. The summed E-state index contributed by atoms with van der Waals surface area (Å²) in [6.07, 6.45) is 0. The molecular weight excluding hydrogens is 313 g/mol. The molecule has 0 aliphatic rings. The van der Waals surface area contributed by atoms with Gasteiger partial charge >= 0.3 is 5.97 Å². The molecule has 0 spiro atoms. The predicted octanol–water partition coefficient (Wildman–Crippen LogP) is 3.94. The fraction of sp³-hybridized carbons (Fsp3) is 0.133. The van der Waals surface area contributed by atoms with E-state index in [1.807, 2.05) is 0 Å². The second-order valence-electron chi connectivity index (χ2n) is 4.24. The molecule has 0 radical (unpaired) electrons. The van der Waals surface area contributed by atoms with E-state index in [1.54, 1.807) is 36.4 Å². The summed E-state index contributed by atoms with van der Waals surface area (Å²) in [5, 5.41) is 0.888. The van der Waals surface area contributed by atoms with Crippen LogP contribution in [0.25, 0.3) is 0 Å². The lowest BCUT2D eigenvalue weighted by Crippen LogP contribution is -2.08. The van der Waals surface area contributed by atoms with Crippen molar-refractivity contribution < 1.29 is 14.3 Å². The first kappa shape index (κ1) is 15.5. The highest BCUT2D eigenvalue weighted by atomic mass is 35.5. The Bertz CT molecular complexity index is 654. The number of benzene rings is 2. The van der Waals surface area contributed by atoms with Crippen LogP contribution in [0.5, 0.6) is 5.75 Å². The Balaban J connectivity index is 2.16. The molecule has 2 N–H and O–H groups in total. The molecule has 0 aromatic heterocycles. The molecule has 2 rings (SSSR count). The molecule has 2 aromatic rings. The SMILES string of the molecule is COc1cc(N)ccc1C(=O)OCc1c(Cl)cccc1Cl. The molecule has 0 aliphatic carbocycles. The molecule has 0 amide bonds. The quantitative estimate of drug-likeness (QED) is 0.683. The summed E-state index contributed by atoms with van der Waals surface area (Å²) in [6, 6.07) is 9.78. The lowest BCUT2D eigenvalue weighted by molar-refractivity contribution is 0.0469. The Morgan fingerprint density at radius 1 is 1.19 bits per heavy atom. The summed E-state index contributed by atoms with van der Waals surface area (Å²) in [6.45, 7) is -0.0229. The Morgan fingerprint density at radius 2 is 1.86 bits per heavy atom. The first-order valence-electron chi connectivity index (χ1n) is 6.06. The van der Waals surface area contributed by atoms with Crippen molar-refractivity contribution >= 4 is 34.9 Å². The van der Waals surface area contributed by atoms with Gasteiger partial charge in [-0.15, -0.1) is 0 Å². The fourth-order valence-corrected chi connectivity index (χ4v) is 2.27. The lowest BCUT2D eigenvalue weighted by Gasteiger charge is -2.11. The largest absolute Gasteiger partial charge is 0.496 e. The number of halogens is 2. The van der Waals surface area contributed by atoms with Crippen LogP contribution in [0.15, 0.2) is 36.4 Å². The molecule has 2 aromatic carbocycles. The molecule has 6 heteroatoms. The van der Waals surface area contributed by atoms with Gasteiger partial charge in [0.1, 0.15) is 17.9 Å². The molecule has 21 heavy (non-hydrogen) atoms. The van der Waals surface area contributed by atoms with Gasteiger partial charge in [-0.25, -0.2) is 4.79 Å². The smallest absolute Gasteiger partial charge is 0.342 e. The standard InChI is InChI=1S/C15H13Cl2NO3/c1-20-14-7-9(18)5-6-10(14)15(19)21-8-11-12(16)3-2-4-13(11)17/h2-7H,8,18H2,1H3. The summed E-state index contributed by atoms with van der Waals surface area (Å²) in [7, 11) is 1.45. The first-order valence-corrected chi connectivity index (χ1v) is 6.82. The summed E-state index contributed by atoms with van der Waals surface area (Å²) in [4.78, 5) is 12.1. The number of esters is 1. The lowest BCUT2D eigenvalue weighted by atomic mass is 10.2. The van der Waals surface area contributed by atoms with Crippen molar-refractivity contribution in [1.82, 2.24) is 0 Å². The maximum atomic E-state index is 12.1. The Labute approximate surface area is 132 Å².